The molecular weight excluding hydrogens is 338 g/mol. The normalized spacial score (nSPS) is 14.1. The third-order valence-corrected chi connectivity index (χ3v) is 4.88. The van der Waals surface area contributed by atoms with E-state index in [2.05, 4.69) is 10.4 Å². The van der Waals surface area contributed by atoms with E-state index in [-0.39, 0.29) is 11.9 Å². The molecule has 2 aromatic heterocycles. The first-order valence-electron chi connectivity index (χ1n) is 8.01. The molecule has 3 aromatic rings. The monoisotopic (exact) mass is 355 g/mol. The minimum Gasteiger partial charge on any atom is -0.485 e. The Bertz CT molecular complexity index is 846. The topological polar surface area (TPSA) is 65.4 Å². The Labute approximate surface area is 149 Å². The summed E-state index contributed by atoms with van der Waals surface area (Å²) in [4.78, 5) is 13.4. The summed E-state index contributed by atoms with van der Waals surface area (Å²) >= 11 is 1.33. The fourth-order valence-electron chi connectivity index (χ4n) is 2.76. The Balaban J connectivity index is 1.57. The van der Waals surface area contributed by atoms with Gasteiger partial charge in [0.2, 0.25) is 0 Å². The summed E-state index contributed by atoms with van der Waals surface area (Å²) in [6.07, 6.45) is 3.61. The molecule has 0 saturated carbocycles. The van der Waals surface area contributed by atoms with Crippen LogP contribution in [0.1, 0.15) is 21.3 Å². The van der Waals surface area contributed by atoms with Gasteiger partial charge in [-0.2, -0.15) is 5.10 Å². The number of hydrogen-bond acceptors (Lipinski definition) is 5. The lowest BCUT2D eigenvalue weighted by Crippen LogP contribution is -2.31. The summed E-state index contributed by atoms with van der Waals surface area (Å²) in [6, 6.07) is 11.5. The molecule has 0 saturated heterocycles. The van der Waals surface area contributed by atoms with Gasteiger partial charge in [-0.1, -0.05) is 30.3 Å². The van der Waals surface area contributed by atoms with Gasteiger partial charge in [0, 0.05) is 17.8 Å². The second-order valence-corrected chi connectivity index (χ2v) is 6.50. The Morgan fingerprint density at radius 2 is 2.08 bits per heavy atom. The number of carbonyl (C=O) groups is 1. The summed E-state index contributed by atoms with van der Waals surface area (Å²) in [5.41, 5.74) is 1.02. The van der Waals surface area contributed by atoms with E-state index >= 15 is 0 Å². The van der Waals surface area contributed by atoms with Gasteiger partial charge in [0.25, 0.3) is 5.91 Å². The minimum absolute atomic E-state index is 0.169. The van der Waals surface area contributed by atoms with E-state index in [9.17, 15) is 4.79 Å². The molecule has 1 N–H and O–H groups in total. The molecule has 7 heteroatoms. The van der Waals surface area contributed by atoms with E-state index in [4.69, 9.17) is 9.47 Å². The zero-order chi connectivity index (χ0) is 17.1. The number of carbonyl (C=O) groups excluding carboxylic acids is 1. The molecule has 3 heterocycles. The highest BCUT2D eigenvalue weighted by molar-refractivity contribution is 7.12. The first kappa shape index (κ1) is 15.7. The van der Waals surface area contributed by atoms with E-state index in [1.54, 1.807) is 10.9 Å². The van der Waals surface area contributed by atoms with Crippen molar-refractivity contribution in [1.29, 1.82) is 0 Å². The summed E-state index contributed by atoms with van der Waals surface area (Å²) in [6.45, 7) is 1.52. The molecule has 4 rings (SSSR count). The molecular formula is C18H17N3O3S. The lowest BCUT2D eigenvalue weighted by Gasteiger charge is -2.20. The standard InChI is InChI=1S/C18H17N3O3S/c22-18(17-16-15(12-25-17)23-9-10-24-16)20-14(11-21-8-4-7-19-21)13-5-2-1-3-6-13/h1-8,12,14H,9-11H2,(H,20,22)/t14-/m0/s1. The van der Waals surface area contributed by atoms with E-state index in [0.29, 0.717) is 36.1 Å². The molecule has 6 nitrogen and oxygen atoms in total. The predicted octanol–water partition coefficient (Wildman–Crippen LogP) is 2.89. The molecule has 25 heavy (non-hydrogen) atoms. The molecule has 0 spiro atoms. The van der Waals surface area contributed by atoms with Gasteiger partial charge in [0.1, 0.15) is 18.1 Å². The molecule has 1 aliphatic rings. The predicted molar refractivity (Wildman–Crippen MR) is 94.2 cm³/mol. The summed E-state index contributed by atoms with van der Waals surface area (Å²) in [5.74, 6) is 1.02. The van der Waals surface area contributed by atoms with Gasteiger partial charge in [0.05, 0.1) is 12.6 Å². The average molecular weight is 355 g/mol. The highest BCUT2D eigenvalue weighted by atomic mass is 32.1. The van der Waals surface area contributed by atoms with Crippen LogP contribution in [0.25, 0.3) is 0 Å². The van der Waals surface area contributed by atoms with E-state index in [1.807, 2.05) is 48.0 Å². The van der Waals surface area contributed by atoms with E-state index in [0.717, 1.165) is 5.56 Å². The van der Waals surface area contributed by atoms with Gasteiger partial charge in [-0.15, -0.1) is 11.3 Å². The number of benzene rings is 1. The van der Waals surface area contributed by atoms with Crippen LogP contribution >= 0.6 is 11.3 Å². The fraction of sp³-hybridized carbons (Fsp3) is 0.222. The van der Waals surface area contributed by atoms with Gasteiger partial charge in [0.15, 0.2) is 11.5 Å². The molecule has 0 aliphatic carbocycles. The second-order valence-electron chi connectivity index (χ2n) is 5.62. The smallest absolute Gasteiger partial charge is 0.265 e. The Hall–Kier alpha value is -2.80. The number of rotatable bonds is 5. The zero-order valence-corrected chi connectivity index (χ0v) is 14.2. The van der Waals surface area contributed by atoms with E-state index < -0.39 is 0 Å². The number of ether oxygens (including phenoxy) is 2. The maximum Gasteiger partial charge on any atom is 0.265 e. The van der Waals surface area contributed by atoms with Gasteiger partial charge in [-0.25, -0.2) is 0 Å². The van der Waals surface area contributed by atoms with Crippen molar-refractivity contribution in [2.75, 3.05) is 13.2 Å². The molecule has 0 bridgehead atoms. The van der Waals surface area contributed by atoms with Gasteiger partial charge < -0.3 is 14.8 Å². The van der Waals surface area contributed by atoms with Crippen molar-refractivity contribution in [3.63, 3.8) is 0 Å². The fourth-order valence-corrected chi connectivity index (χ4v) is 3.59. The lowest BCUT2D eigenvalue weighted by atomic mass is 10.1. The molecule has 1 aromatic carbocycles. The van der Waals surface area contributed by atoms with Crippen LogP contribution in [-0.2, 0) is 6.54 Å². The maximum absolute atomic E-state index is 12.8. The Morgan fingerprint density at radius 1 is 1.24 bits per heavy atom. The molecule has 1 atom stereocenters. The van der Waals surface area contributed by atoms with Crippen molar-refractivity contribution in [2.24, 2.45) is 0 Å². The van der Waals surface area contributed by atoms with Crippen molar-refractivity contribution in [2.45, 2.75) is 12.6 Å². The number of nitrogens with zero attached hydrogens (tertiary/aromatic N) is 2. The Morgan fingerprint density at radius 3 is 2.88 bits per heavy atom. The highest BCUT2D eigenvalue weighted by Gasteiger charge is 2.25. The first-order valence-corrected chi connectivity index (χ1v) is 8.89. The molecule has 1 amide bonds. The van der Waals surface area contributed by atoms with Crippen molar-refractivity contribution < 1.29 is 14.3 Å². The summed E-state index contributed by atoms with van der Waals surface area (Å²) < 4.78 is 12.9. The SMILES string of the molecule is O=C(N[C@@H](Cn1cccn1)c1ccccc1)c1scc2c1OCCO2. The number of nitrogens with one attached hydrogen (secondary N) is 1. The van der Waals surface area contributed by atoms with Crippen molar-refractivity contribution >= 4 is 17.2 Å². The largest absolute Gasteiger partial charge is 0.485 e. The number of fused-ring (bicyclic) bond motifs is 1. The van der Waals surface area contributed by atoms with Gasteiger partial charge in [-0.3, -0.25) is 9.48 Å². The molecule has 0 fully saturated rings. The summed E-state index contributed by atoms with van der Waals surface area (Å²) in [7, 11) is 0. The van der Waals surface area contributed by atoms with Crippen LogP contribution in [0.15, 0.2) is 54.2 Å². The van der Waals surface area contributed by atoms with Crippen LogP contribution in [0, 0.1) is 0 Å². The number of aromatic nitrogens is 2. The van der Waals surface area contributed by atoms with Crippen LogP contribution < -0.4 is 14.8 Å². The highest BCUT2D eigenvalue weighted by Crippen LogP contribution is 2.39. The first-order chi connectivity index (χ1) is 12.3. The third-order valence-electron chi connectivity index (χ3n) is 3.94. The molecule has 0 unspecified atom stereocenters. The van der Waals surface area contributed by atoms with Gasteiger partial charge in [-0.05, 0) is 11.6 Å². The van der Waals surface area contributed by atoms with Crippen molar-refractivity contribution in [3.05, 3.63) is 64.6 Å². The van der Waals surface area contributed by atoms with Crippen LogP contribution in [0.3, 0.4) is 0 Å². The van der Waals surface area contributed by atoms with Crippen LogP contribution in [0.2, 0.25) is 0 Å². The number of amides is 1. The quantitative estimate of drug-likeness (QED) is 0.764. The molecule has 0 radical (unpaired) electrons. The maximum atomic E-state index is 12.8. The van der Waals surface area contributed by atoms with Crippen LogP contribution in [0.5, 0.6) is 11.5 Å². The Kier molecular flexibility index (Phi) is 4.39. The van der Waals surface area contributed by atoms with E-state index in [1.165, 1.54) is 11.3 Å². The summed E-state index contributed by atoms with van der Waals surface area (Å²) in [5, 5.41) is 9.16. The third kappa shape index (κ3) is 3.36. The lowest BCUT2D eigenvalue weighted by molar-refractivity contribution is 0.0927. The molecule has 128 valence electrons. The van der Waals surface area contributed by atoms with Crippen LogP contribution in [0.4, 0.5) is 0 Å². The average Bonchev–Trinajstić information content (AvgIpc) is 3.31. The van der Waals surface area contributed by atoms with Crippen LogP contribution in [-0.4, -0.2) is 28.9 Å². The second kappa shape index (κ2) is 6.98. The zero-order valence-electron chi connectivity index (χ0n) is 13.4. The molecule has 1 aliphatic heterocycles. The number of hydrogen-bond donors (Lipinski definition) is 1. The number of thiophene rings is 1. The minimum atomic E-state index is -0.198. The van der Waals surface area contributed by atoms with Crippen molar-refractivity contribution in [3.8, 4) is 11.5 Å². The van der Waals surface area contributed by atoms with Crippen molar-refractivity contribution in [1.82, 2.24) is 15.1 Å². The van der Waals surface area contributed by atoms with Gasteiger partial charge >= 0.3 is 0 Å².